The van der Waals surface area contributed by atoms with Crippen LogP contribution in [0.4, 0.5) is 0 Å². The summed E-state index contributed by atoms with van der Waals surface area (Å²) < 4.78 is 0. The molecular formula is C10H16O4. The van der Waals surface area contributed by atoms with E-state index < -0.39 is 17.5 Å². The lowest BCUT2D eigenvalue weighted by molar-refractivity contribution is -0.140. The zero-order valence-electron chi connectivity index (χ0n) is 8.70. The predicted octanol–water partition coefficient (Wildman–Crippen LogP) is 1.91. The van der Waals surface area contributed by atoms with Crippen LogP contribution in [0.1, 0.15) is 33.6 Å². The first-order valence-electron chi connectivity index (χ1n) is 4.55. The molecule has 0 saturated heterocycles. The van der Waals surface area contributed by atoms with E-state index in [0.29, 0.717) is 12.8 Å². The first kappa shape index (κ1) is 12.7. The van der Waals surface area contributed by atoms with Gasteiger partial charge in [0.25, 0.3) is 0 Å². The predicted molar refractivity (Wildman–Crippen MR) is 52.0 cm³/mol. The van der Waals surface area contributed by atoms with Gasteiger partial charge in [0.1, 0.15) is 5.57 Å². The van der Waals surface area contributed by atoms with E-state index >= 15 is 0 Å². The summed E-state index contributed by atoms with van der Waals surface area (Å²) in [4.78, 5) is 21.2. The Kier molecular flexibility index (Phi) is 4.34. The Morgan fingerprint density at radius 1 is 1.14 bits per heavy atom. The lowest BCUT2D eigenvalue weighted by Gasteiger charge is -2.22. The Morgan fingerprint density at radius 3 is 1.71 bits per heavy atom. The van der Waals surface area contributed by atoms with Crippen molar-refractivity contribution in [1.29, 1.82) is 0 Å². The van der Waals surface area contributed by atoms with E-state index in [1.54, 1.807) is 0 Å². The van der Waals surface area contributed by atoms with Gasteiger partial charge in [-0.1, -0.05) is 26.8 Å². The van der Waals surface area contributed by atoms with Gasteiger partial charge in [-0.05, 0) is 18.3 Å². The summed E-state index contributed by atoms with van der Waals surface area (Å²) in [6, 6.07) is 0. The van der Waals surface area contributed by atoms with Crippen molar-refractivity contribution >= 4 is 11.9 Å². The molecule has 0 aliphatic heterocycles. The van der Waals surface area contributed by atoms with Crippen molar-refractivity contribution in [3.63, 3.8) is 0 Å². The number of allylic oxidation sites excluding steroid dienone is 1. The van der Waals surface area contributed by atoms with E-state index in [4.69, 9.17) is 10.2 Å². The van der Waals surface area contributed by atoms with Gasteiger partial charge in [0.05, 0.1) is 0 Å². The van der Waals surface area contributed by atoms with Crippen molar-refractivity contribution in [3.8, 4) is 0 Å². The fourth-order valence-electron chi connectivity index (χ4n) is 1.02. The van der Waals surface area contributed by atoms with Crippen molar-refractivity contribution < 1.29 is 19.8 Å². The molecule has 0 bridgehead atoms. The smallest absolute Gasteiger partial charge is 0.342 e. The highest BCUT2D eigenvalue weighted by molar-refractivity contribution is 6.12. The highest BCUT2D eigenvalue weighted by Gasteiger charge is 2.24. The maximum Gasteiger partial charge on any atom is 0.342 e. The maximum atomic E-state index is 10.6. The Bertz CT molecular complexity index is 245. The Hall–Kier alpha value is -1.32. The molecule has 0 aromatic heterocycles. The number of carboxylic acids is 2. The molecule has 4 heteroatoms. The molecule has 2 N–H and O–H groups in total. The first-order valence-corrected chi connectivity index (χ1v) is 4.55. The van der Waals surface area contributed by atoms with Gasteiger partial charge in [0.15, 0.2) is 0 Å². The van der Waals surface area contributed by atoms with Gasteiger partial charge in [0.2, 0.25) is 0 Å². The third-order valence-electron chi connectivity index (χ3n) is 2.57. The van der Waals surface area contributed by atoms with E-state index in [2.05, 4.69) is 0 Å². The second-order valence-electron chi connectivity index (χ2n) is 3.53. The summed E-state index contributed by atoms with van der Waals surface area (Å²) >= 11 is 0. The Labute approximate surface area is 83.2 Å². The second-order valence-corrected chi connectivity index (χ2v) is 3.53. The maximum absolute atomic E-state index is 10.6. The molecule has 80 valence electrons. The number of hydrogen-bond acceptors (Lipinski definition) is 2. The summed E-state index contributed by atoms with van der Waals surface area (Å²) in [6.07, 6.45) is 2.76. The largest absolute Gasteiger partial charge is 0.477 e. The topological polar surface area (TPSA) is 74.6 Å². The molecule has 0 unspecified atom stereocenters. The SMILES string of the molecule is CCC(C)(C=C(C(=O)O)C(=O)O)CC. The van der Waals surface area contributed by atoms with Crippen LogP contribution in [0.3, 0.4) is 0 Å². The molecule has 0 heterocycles. The van der Waals surface area contributed by atoms with E-state index in [1.165, 1.54) is 6.08 Å². The van der Waals surface area contributed by atoms with Gasteiger partial charge in [-0.15, -0.1) is 0 Å². The third-order valence-corrected chi connectivity index (χ3v) is 2.57. The average molecular weight is 200 g/mol. The number of hydrogen-bond donors (Lipinski definition) is 2. The molecule has 14 heavy (non-hydrogen) atoms. The van der Waals surface area contributed by atoms with Crippen LogP contribution in [0.25, 0.3) is 0 Å². The van der Waals surface area contributed by atoms with E-state index in [-0.39, 0.29) is 5.41 Å². The van der Waals surface area contributed by atoms with Crippen molar-refractivity contribution in [2.45, 2.75) is 33.6 Å². The van der Waals surface area contributed by atoms with Crippen LogP contribution in [-0.4, -0.2) is 22.2 Å². The number of carbonyl (C=O) groups is 2. The molecule has 0 aromatic carbocycles. The minimum atomic E-state index is -1.38. The standard InChI is InChI=1S/C10H16O4/c1-4-10(3,5-2)6-7(8(11)12)9(13)14/h6H,4-5H2,1-3H3,(H,11,12)(H,13,14). The lowest BCUT2D eigenvalue weighted by atomic mass is 9.83. The van der Waals surface area contributed by atoms with Crippen molar-refractivity contribution in [2.75, 3.05) is 0 Å². The molecule has 0 aromatic rings. The molecule has 0 aliphatic rings. The van der Waals surface area contributed by atoms with Gasteiger partial charge in [0, 0.05) is 0 Å². The number of carboxylic acid groups (broad SMARTS) is 2. The highest BCUT2D eigenvalue weighted by atomic mass is 16.4. The zero-order chi connectivity index (χ0) is 11.4. The van der Waals surface area contributed by atoms with Crippen molar-refractivity contribution in [3.05, 3.63) is 11.6 Å². The van der Waals surface area contributed by atoms with Gasteiger partial charge < -0.3 is 10.2 Å². The Morgan fingerprint density at radius 2 is 1.50 bits per heavy atom. The fraction of sp³-hybridized carbons (Fsp3) is 0.600. The highest BCUT2D eigenvalue weighted by Crippen LogP contribution is 2.28. The molecule has 0 amide bonds. The summed E-state index contributed by atoms with van der Waals surface area (Å²) in [5, 5.41) is 17.3. The van der Waals surface area contributed by atoms with Crippen LogP contribution < -0.4 is 0 Å². The summed E-state index contributed by atoms with van der Waals surface area (Å²) in [7, 11) is 0. The van der Waals surface area contributed by atoms with E-state index in [9.17, 15) is 9.59 Å². The van der Waals surface area contributed by atoms with Gasteiger partial charge >= 0.3 is 11.9 Å². The zero-order valence-corrected chi connectivity index (χ0v) is 8.70. The molecule has 0 atom stereocenters. The molecule has 0 radical (unpaired) electrons. The van der Waals surface area contributed by atoms with E-state index in [0.717, 1.165) is 0 Å². The van der Waals surface area contributed by atoms with Crippen LogP contribution in [-0.2, 0) is 9.59 Å². The first-order chi connectivity index (χ1) is 6.36. The molecule has 0 rings (SSSR count). The van der Waals surface area contributed by atoms with Crippen molar-refractivity contribution in [2.24, 2.45) is 5.41 Å². The quantitative estimate of drug-likeness (QED) is 0.404. The van der Waals surface area contributed by atoms with Gasteiger partial charge in [-0.25, -0.2) is 9.59 Å². The van der Waals surface area contributed by atoms with Gasteiger partial charge in [-0.2, -0.15) is 0 Å². The summed E-state index contributed by atoms with van der Waals surface area (Å²) in [6.45, 7) is 5.65. The third kappa shape index (κ3) is 3.20. The summed E-state index contributed by atoms with van der Waals surface area (Å²) in [5.41, 5.74) is -0.900. The average Bonchev–Trinajstić information content (AvgIpc) is 2.13. The molecule has 0 fully saturated rings. The second kappa shape index (κ2) is 4.79. The number of aliphatic carboxylic acids is 2. The fourth-order valence-corrected chi connectivity index (χ4v) is 1.02. The molecule has 0 aliphatic carbocycles. The molecule has 4 nitrogen and oxygen atoms in total. The van der Waals surface area contributed by atoms with Crippen LogP contribution in [0.15, 0.2) is 11.6 Å². The normalized spacial score (nSPS) is 10.8. The minimum absolute atomic E-state index is 0.355. The molecule has 0 saturated carbocycles. The Balaban J connectivity index is 5.08. The monoisotopic (exact) mass is 200 g/mol. The van der Waals surface area contributed by atoms with Crippen LogP contribution >= 0.6 is 0 Å². The van der Waals surface area contributed by atoms with Crippen LogP contribution in [0.5, 0.6) is 0 Å². The van der Waals surface area contributed by atoms with E-state index in [1.807, 2.05) is 20.8 Å². The molecule has 0 spiro atoms. The molecular weight excluding hydrogens is 184 g/mol. The van der Waals surface area contributed by atoms with Crippen LogP contribution in [0, 0.1) is 5.41 Å². The minimum Gasteiger partial charge on any atom is -0.477 e. The van der Waals surface area contributed by atoms with Gasteiger partial charge in [-0.3, -0.25) is 0 Å². The van der Waals surface area contributed by atoms with Crippen molar-refractivity contribution in [1.82, 2.24) is 0 Å². The lowest BCUT2D eigenvalue weighted by Crippen LogP contribution is -2.18. The van der Waals surface area contributed by atoms with Crippen LogP contribution in [0.2, 0.25) is 0 Å². The summed E-state index contributed by atoms with van der Waals surface area (Å²) in [5.74, 6) is -2.77. The number of rotatable bonds is 5.